The van der Waals surface area contributed by atoms with Crippen molar-refractivity contribution >= 4 is 46.5 Å². The molecule has 2 aromatic carbocycles. The van der Waals surface area contributed by atoms with Crippen LogP contribution >= 0.6 is 0 Å². The van der Waals surface area contributed by atoms with Crippen LogP contribution in [0.15, 0.2) is 65.3 Å². The lowest BCUT2D eigenvalue weighted by molar-refractivity contribution is -0.112. The predicted molar refractivity (Wildman–Crippen MR) is 150 cm³/mol. The van der Waals surface area contributed by atoms with Crippen LogP contribution in [0, 0.1) is 13.8 Å². The molecule has 9 nitrogen and oxygen atoms in total. The molecule has 2 aromatic heterocycles. The summed E-state index contributed by atoms with van der Waals surface area (Å²) in [5, 5.41) is 8.62. The second-order valence-corrected chi connectivity index (χ2v) is 9.96. The minimum Gasteiger partial charge on any atom is -0.461 e. The van der Waals surface area contributed by atoms with Crippen LogP contribution in [0.2, 0.25) is 0 Å². The van der Waals surface area contributed by atoms with Crippen molar-refractivity contribution in [2.24, 2.45) is 0 Å². The van der Waals surface area contributed by atoms with Crippen molar-refractivity contribution in [3.63, 3.8) is 0 Å². The van der Waals surface area contributed by atoms with E-state index in [0.717, 1.165) is 18.4 Å². The molecule has 200 valence electrons. The SMILES string of the molecule is Cc1[nH]c(/C=C2\C(=O)Nc3ccc(C(=O)N[C@@H]4CCc5ccccc54)cc32)c(C)c1NC(=O)C(=O)c1ccco1. The van der Waals surface area contributed by atoms with Gasteiger partial charge in [-0.3, -0.25) is 19.2 Å². The largest absolute Gasteiger partial charge is 0.461 e. The van der Waals surface area contributed by atoms with Gasteiger partial charge in [-0.15, -0.1) is 0 Å². The van der Waals surface area contributed by atoms with E-state index in [1.165, 1.54) is 24.0 Å². The van der Waals surface area contributed by atoms with Crippen LogP contribution < -0.4 is 16.0 Å². The molecule has 0 bridgehead atoms. The quantitative estimate of drug-likeness (QED) is 0.158. The highest BCUT2D eigenvalue weighted by Crippen LogP contribution is 2.36. The first kappa shape index (κ1) is 25.1. The van der Waals surface area contributed by atoms with Crippen LogP contribution in [-0.4, -0.2) is 28.5 Å². The fourth-order valence-corrected chi connectivity index (χ4v) is 5.36. The van der Waals surface area contributed by atoms with E-state index in [4.69, 9.17) is 4.42 Å². The maximum absolute atomic E-state index is 13.2. The summed E-state index contributed by atoms with van der Waals surface area (Å²) in [7, 11) is 0. The average Bonchev–Trinajstić information content (AvgIpc) is 3.73. The van der Waals surface area contributed by atoms with E-state index in [2.05, 4.69) is 27.0 Å². The molecule has 3 heterocycles. The summed E-state index contributed by atoms with van der Waals surface area (Å²) in [4.78, 5) is 54.1. The Morgan fingerprint density at radius 2 is 1.88 bits per heavy atom. The zero-order valence-electron chi connectivity index (χ0n) is 21.9. The number of carbonyl (C=O) groups excluding carboxylic acids is 4. The summed E-state index contributed by atoms with van der Waals surface area (Å²) < 4.78 is 5.03. The highest BCUT2D eigenvalue weighted by molar-refractivity contribution is 6.46. The Morgan fingerprint density at radius 3 is 2.67 bits per heavy atom. The van der Waals surface area contributed by atoms with Crippen molar-refractivity contribution in [1.29, 1.82) is 0 Å². The van der Waals surface area contributed by atoms with Crippen molar-refractivity contribution in [3.8, 4) is 0 Å². The number of nitrogens with one attached hydrogen (secondary N) is 4. The number of amides is 3. The minimum atomic E-state index is -0.830. The van der Waals surface area contributed by atoms with Crippen LogP contribution in [0.3, 0.4) is 0 Å². The first-order valence-corrected chi connectivity index (χ1v) is 12.9. The number of hydrogen-bond acceptors (Lipinski definition) is 5. The molecule has 1 aliphatic carbocycles. The van der Waals surface area contributed by atoms with Crippen molar-refractivity contribution in [2.45, 2.75) is 32.7 Å². The number of Topliss-reactive ketones (excluding diaryl/α,β-unsaturated/α-hetero) is 1. The first-order chi connectivity index (χ1) is 19.3. The Morgan fingerprint density at radius 1 is 1.05 bits per heavy atom. The summed E-state index contributed by atoms with van der Waals surface area (Å²) in [5.74, 6) is -2.18. The van der Waals surface area contributed by atoms with E-state index in [1.807, 2.05) is 18.2 Å². The van der Waals surface area contributed by atoms with Gasteiger partial charge in [0.05, 0.1) is 23.6 Å². The standard InChI is InChI=1S/C31H26N4O5/c1-16-25(32-17(2)27(16)35-31(39)28(36)26-8-5-13-40-26)15-22-21-14-19(10-12-24(21)34-30(22)38)29(37)33-23-11-9-18-6-3-4-7-20(18)23/h3-8,10,12-15,23,32H,9,11H2,1-2H3,(H,33,37)(H,34,38)(H,35,39)/b22-15-/t23-/m1/s1. The van der Waals surface area contributed by atoms with E-state index in [9.17, 15) is 19.2 Å². The Kier molecular flexibility index (Phi) is 6.18. The van der Waals surface area contributed by atoms with Crippen LogP contribution in [-0.2, 0) is 16.0 Å². The zero-order chi connectivity index (χ0) is 28.0. The molecular weight excluding hydrogens is 508 g/mol. The number of anilines is 2. The van der Waals surface area contributed by atoms with Gasteiger partial charge in [0.25, 0.3) is 23.5 Å². The number of rotatable bonds is 6. The Bertz CT molecular complexity index is 1730. The monoisotopic (exact) mass is 534 g/mol. The van der Waals surface area contributed by atoms with E-state index >= 15 is 0 Å². The van der Waals surface area contributed by atoms with Crippen LogP contribution in [0.1, 0.15) is 67.0 Å². The number of ketones is 1. The Balaban J connectivity index is 1.25. The first-order valence-electron chi connectivity index (χ1n) is 12.9. The zero-order valence-corrected chi connectivity index (χ0v) is 21.9. The molecule has 0 saturated carbocycles. The highest BCUT2D eigenvalue weighted by Gasteiger charge is 2.28. The van der Waals surface area contributed by atoms with Gasteiger partial charge < -0.3 is 25.4 Å². The lowest BCUT2D eigenvalue weighted by atomic mass is 10.0. The predicted octanol–water partition coefficient (Wildman–Crippen LogP) is 4.96. The molecule has 4 N–H and O–H groups in total. The molecule has 0 spiro atoms. The smallest absolute Gasteiger partial charge is 0.300 e. The van der Waals surface area contributed by atoms with E-state index in [-0.39, 0.29) is 23.6 Å². The molecule has 0 saturated heterocycles. The molecule has 0 radical (unpaired) electrons. The molecule has 3 amide bonds. The van der Waals surface area contributed by atoms with E-state index in [0.29, 0.717) is 45.0 Å². The van der Waals surface area contributed by atoms with Gasteiger partial charge in [0.1, 0.15) is 0 Å². The normalized spacial score (nSPS) is 16.4. The third-order valence-electron chi connectivity index (χ3n) is 7.46. The van der Waals surface area contributed by atoms with E-state index < -0.39 is 11.7 Å². The highest BCUT2D eigenvalue weighted by atomic mass is 16.3. The molecule has 4 aromatic rings. The van der Waals surface area contributed by atoms with Gasteiger partial charge in [-0.25, -0.2) is 0 Å². The number of aromatic amines is 1. The van der Waals surface area contributed by atoms with Gasteiger partial charge >= 0.3 is 0 Å². The van der Waals surface area contributed by atoms with Crippen LogP contribution in [0.5, 0.6) is 0 Å². The molecule has 9 heteroatoms. The number of H-pyrrole nitrogens is 1. The molecule has 1 aliphatic heterocycles. The lowest BCUT2D eigenvalue weighted by Gasteiger charge is -2.14. The Hall–Kier alpha value is -5.18. The fourth-order valence-electron chi connectivity index (χ4n) is 5.36. The second kappa shape index (κ2) is 9.85. The molecule has 0 unspecified atom stereocenters. The molecular formula is C31H26N4O5. The van der Waals surface area contributed by atoms with Gasteiger partial charge in [-0.05, 0) is 79.8 Å². The molecule has 40 heavy (non-hydrogen) atoms. The summed E-state index contributed by atoms with van der Waals surface area (Å²) in [6.07, 6.45) is 4.77. The molecule has 2 aliphatic rings. The van der Waals surface area contributed by atoms with Crippen molar-refractivity contribution < 1.29 is 23.6 Å². The van der Waals surface area contributed by atoms with E-state index in [1.54, 1.807) is 38.1 Å². The number of carbonyl (C=O) groups is 4. The number of furan rings is 1. The third-order valence-corrected chi connectivity index (χ3v) is 7.46. The average molecular weight is 535 g/mol. The number of aromatic nitrogens is 1. The van der Waals surface area contributed by atoms with Gasteiger partial charge in [0, 0.05) is 28.2 Å². The van der Waals surface area contributed by atoms with Gasteiger partial charge in [0.2, 0.25) is 0 Å². The minimum absolute atomic E-state index is 0.0513. The molecule has 1 atom stereocenters. The van der Waals surface area contributed by atoms with Gasteiger partial charge in [-0.2, -0.15) is 0 Å². The number of fused-ring (bicyclic) bond motifs is 2. The number of aryl methyl sites for hydroxylation is 2. The van der Waals surface area contributed by atoms with Gasteiger partial charge in [0.15, 0.2) is 5.76 Å². The van der Waals surface area contributed by atoms with Crippen molar-refractivity contribution in [2.75, 3.05) is 10.6 Å². The topological polar surface area (TPSA) is 133 Å². The third kappa shape index (κ3) is 4.41. The number of hydrogen-bond donors (Lipinski definition) is 4. The fraction of sp³-hybridized carbons (Fsp3) is 0.161. The second-order valence-electron chi connectivity index (χ2n) is 9.96. The van der Waals surface area contributed by atoms with Gasteiger partial charge in [-0.1, -0.05) is 24.3 Å². The van der Waals surface area contributed by atoms with Crippen molar-refractivity contribution in [1.82, 2.24) is 10.3 Å². The van der Waals surface area contributed by atoms with Crippen molar-refractivity contribution in [3.05, 3.63) is 106 Å². The van der Waals surface area contributed by atoms with Crippen LogP contribution in [0.4, 0.5) is 11.4 Å². The summed E-state index contributed by atoms with van der Waals surface area (Å²) >= 11 is 0. The summed E-state index contributed by atoms with van der Waals surface area (Å²) in [6, 6.07) is 16.2. The maximum atomic E-state index is 13.2. The van der Waals surface area contributed by atoms with Crippen LogP contribution in [0.25, 0.3) is 11.6 Å². The lowest BCUT2D eigenvalue weighted by Crippen LogP contribution is -2.27. The summed E-state index contributed by atoms with van der Waals surface area (Å²) in [5.41, 5.74) is 6.74. The number of benzene rings is 2. The Labute approximate surface area is 229 Å². The maximum Gasteiger partial charge on any atom is 0.300 e. The molecule has 0 fully saturated rings. The summed E-state index contributed by atoms with van der Waals surface area (Å²) in [6.45, 7) is 3.54. The molecule has 6 rings (SSSR count).